The first-order valence-electron chi connectivity index (χ1n) is 7.18. The number of nitrogens with one attached hydrogen (secondary N) is 1. The van der Waals surface area contributed by atoms with Crippen LogP contribution in [0.1, 0.15) is 5.56 Å². The highest BCUT2D eigenvalue weighted by Crippen LogP contribution is 2.28. The maximum absolute atomic E-state index is 14.0. The van der Waals surface area contributed by atoms with Crippen molar-refractivity contribution in [3.8, 4) is 11.1 Å². The standard InChI is InChI=1S/C17H15FN2O3S/c1-20-10-16(14-4-2-3-5-15(14)17(20)21)12-6-11(7-13(18)8-12)9-19-24(22)23/h2-8,10,19H,9H2,1H3,(H,22,23). The number of benzene rings is 2. The van der Waals surface area contributed by atoms with Crippen LogP contribution in [-0.2, 0) is 24.9 Å². The zero-order valence-electron chi connectivity index (χ0n) is 12.8. The molecule has 1 heterocycles. The van der Waals surface area contributed by atoms with Crippen molar-refractivity contribution in [3.63, 3.8) is 0 Å². The third kappa shape index (κ3) is 3.28. The molecule has 0 saturated heterocycles. The van der Waals surface area contributed by atoms with E-state index in [9.17, 15) is 13.4 Å². The van der Waals surface area contributed by atoms with Crippen molar-refractivity contribution >= 4 is 22.0 Å². The normalized spacial score (nSPS) is 12.5. The summed E-state index contributed by atoms with van der Waals surface area (Å²) in [5, 5.41) is 1.29. The fourth-order valence-corrected chi connectivity index (χ4v) is 2.99. The van der Waals surface area contributed by atoms with Crippen LogP contribution in [0.5, 0.6) is 0 Å². The number of aromatic nitrogens is 1. The molecule has 0 aliphatic heterocycles. The predicted molar refractivity (Wildman–Crippen MR) is 92.2 cm³/mol. The lowest BCUT2D eigenvalue weighted by atomic mass is 9.99. The summed E-state index contributed by atoms with van der Waals surface area (Å²) in [6.07, 6.45) is 1.67. The molecule has 0 bridgehead atoms. The second kappa shape index (κ2) is 6.64. The third-order valence-corrected chi connectivity index (χ3v) is 4.15. The maximum atomic E-state index is 14.0. The van der Waals surface area contributed by atoms with E-state index in [4.69, 9.17) is 4.55 Å². The van der Waals surface area contributed by atoms with Crippen LogP contribution in [0.15, 0.2) is 53.5 Å². The highest BCUT2D eigenvalue weighted by molar-refractivity contribution is 7.77. The summed E-state index contributed by atoms with van der Waals surface area (Å²) in [6, 6.07) is 11.6. The second-order valence-electron chi connectivity index (χ2n) is 5.42. The van der Waals surface area contributed by atoms with Crippen molar-refractivity contribution in [1.82, 2.24) is 9.29 Å². The molecule has 3 rings (SSSR count). The van der Waals surface area contributed by atoms with Gasteiger partial charge in [0.05, 0.1) is 0 Å². The van der Waals surface area contributed by atoms with E-state index >= 15 is 0 Å². The molecule has 0 radical (unpaired) electrons. The minimum Gasteiger partial charge on any atom is -0.317 e. The van der Waals surface area contributed by atoms with E-state index in [0.717, 1.165) is 10.9 Å². The summed E-state index contributed by atoms with van der Waals surface area (Å²) in [4.78, 5) is 12.2. The first kappa shape index (κ1) is 16.5. The quantitative estimate of drug-likeness (QED) is 0.713. The molecule has 1 unspecified atom stereocenters. The van der Waals surface area contributed by atoms with Crippen LogP contribution < -0.4 is 10.3 Å². The molecule has 2 aromatic carbocycles. The van der Waals surface area contributed by atoms with Crippen LogP contribution in [0.3, 0.4) is 0 Å². The molecule has 0 aliphatic carbocycles. The van der Waals surface area contributed by atoms with Crippen molar-refractivity contribution in [2.75, 3.05) is 0 Å². The molecule has 1 aromatic heterocycles. The number of halogens is 1. The molecule has 124 valence electrons. The monoisotopic (exact) mass is 346 g/mol. The fraction of sp³-hybridized carbons (Fsp3) is 0.118. The Morgan fingerprint density at radius 1 is 1.21 bits per heavy atom. The van der Waals surface area contributed by atoms with Crippen molar-refractivity contribution in [1.29, 1.82) is 0 Å². The molecule has 0 saturated carbocycles. The number of nitrogens with zero attached hydrogens (tertiary/aromatic N) is 1. The van der Waals surface area contributed by atoms with Gasteiger partial charge in [0.25, 0.3) is 5.56 Å². The Hall–Kier alpha value is -2.35. The van der Waals surface area contributed by atoms with E-state index in [0.29, 0.717) is 16.5 Å². The fourth-order valence-electron chi connectivity index (χ4n) is 2.70. The molecule has 5 nitrogen and oxygen atoms in total. The van der Waals surface area contributed by atoms with Crippen molar-refractivity contribution in [2.24, 2.45) is 7.05 Å². The number of rotatable bonds is 4. The number of fused-ring (bicyclic) bond motifs is 1. The van der Waals surface area contributed by atoms with Gasteiger partial charge in [-0.1, -0.05) is 18.2 Å². The zero-order valence-corrected chi connectivity index (χ0v) is 13.6. The SMILES string of the molecule is Cn1cc(-c2cc(F)cc(CNS(=O)O)c2)c2ccccc2c1=O. The summed E-state index contributed by atoms with van der Waals surface area (Å²) >= 11 is -2.17. The average molecular weight is 346 g/mol. The van der Waals surface area contributed by atoms with E-state index in [1.807, 2.05) is 12.1 Å². The van der Waals surface area contributed by atoms with Gasteiger partial charge >= 0.3 is 0 Å². The Balaban J connectivity index is 2.19. The topological polar surface area (TPSA) is 71.3 Å². The Morgan fingerprint density at radius 3 is 2.62 bits per heavy atom. The van der Waals surface area contributed by atoms with Gasteiger partial charge in [-0.15, -0.1) is 0 Å². The highest BCUT2D eigenvalue weighted by Gasteiger charge is 2.11. The van der Waals surface area contributed by atoms with Gasteiger partial charge in [0.2, 0.25) is 11.3 Å². The van der Waals surface area contributed by atoms with E-state index in [1.54, 1.807) is 31.4 Å². The van der Waals surface area contributed by atoms with Gasteiger partial charge in [0.1, 0.15) is 5.82 Å². The molecule has 0 fully saturated rings. The largest absolute Gasteiger partial charge is 0.317 e. The number of pyridine rings is 1. The Bertz CT molecular complexity index is 1000. The van der Waals surface area contributed by atoms with Crippen LogP contribution in [-0.4, -0.2) is 13.3 Å². The highest BCUT2D eigenvalue weighted by atomic mass is 32.2. The first-order valence-corrected chi connectivity index (χ1v) is 8.29. The Morgan fingerprint density at radius 2 is 1.92 bits per heavy atom. The molecule has 0 spiro atoms. The first-order chi connectivity index (χ1) is 11.5. The second-order valence-corrected chi connectivity index (χ2v) is 6.21. The van der Waals surface area contributed by atoms with Gasteiger partial charge in [0, 0.05) is 30.7 Å². The van der Waals surface area contributed by atoms with Crippen LogP contribution >= 0.6 is 0 Å². The predicted octanol–water partition coefficient (Wildman–Crippen LogP) is 2.57. The molecule has 24 heavy (non-hydrogen) atoms. The number of aryl methyl sites for hydroxylation is 1. The lowest BCUT2D eigenvalue weighted by molar-refractivity contribution is 0.548. The van der Waals surface area contributed by atoms with E-state index in [-0.39, 0.29) is 12.1 Å². The van der Waals surface area contributed by atoms with Gasteiger partial charge in [-0.25, -0.2) is 13.3 Å². The molecule has 7 heteroatoms. The minimum atomic E-state index is -2.17. The lowest BCUT2D eigenvalue weighted by Gasteiger charge is -2.11. The molecule has 2 N–H and O–H groups in total. The maximum Gasteiger partial charge on any atom is 0.258 e. The van der Waals surface area contributed by atoms with Crippen LogP contribution in [0, 0.1) is 5.82 Å². The lowest BCUT2D eigenvalue weighted by Crippen LogP contribution is -2.17. The molecular weight excluding hydrogens is 331 g/mol. The molecular formula is C17H15FN2O3S. The molecule has 0 amide bonds. The summed E-state index contributed by atoms with van der Waals surface area (Å²) < 4.78 is 37.3. The molecule has 0 aliphatic rings. The van der Waals surface area contributed by atoms with Crippen molar-refractivity contribution in [2.45, 2.75) is 6.54 Å². The summed E-state index contributed by atoms with van der Waals surface area (Å²) in [5.41, 5.74) is 1.73. The average Bonchev–Trinajstić information content (AvgIpc) is 2.56. The summed E-state index contributed by atoms with van der Waals surface area (Å²) in [5.74, 6) is -0.453. The summed E-state index contributed by atoms with van der Waals surface area (Å²) in [6.45, 7) is 0.0531. The van der Waals surface area contributed by atoms with Crippen LogP contribution in [0.25, 0.3) is 21.9 Å². The van der Waals surface area contributed by atoms with E-state index < -0.39 is 17.1 Å². The number of hydrogen-bond acceptors (Lipinski definition) is 2. The molecule has 3 aromatic rings. The molecule has 1 atom stereocenters. The van der Waals surface area contributed by atoms with Crippen LogP contribution in [0.2, 0.25) is 0 Å². The van der Waals surface area contributed by atoms with Gasteiger partial charge in [0.15, 0.2) is 0 Å². The smallest absolute Gasteiger partial charge is 0.258 e. The minimum absolute atomic E-state index is 0.0531. The van der Waals surface area contributed by atoms with E-state index in [1.165, 1.54) is 16.7 Å². The van der Waals surface area contributed by atoms with Gasteiger partial charge in [-0.3, -0.25) is 9.35 Å². The Kier molecular flexibility index (Phi) is 4.57. The van der Waals surface area contributed by atoms with Gasteiger partial charge in [-0.05, 0) is 40.8 Å². The van der Waals surface area contributed by atoms with Gasteiger partial charge < -0.3 is 4.57 Å². The third-order valence-electron chi connectivity index (χ3n) is 3.76. The van der Waals surface area contributed by atoms with Crippen molar-refractivity contribution < 1.29 is 13.2 Å². The summed E-state index contributed by atoms with van der Waals surface area (Å²) in [7, 11) is 1.65. The van der Waals surface area contributed by atoms with Gasteiger partial charge in [-0.2, -0.15) is 0 Å². The van der Waals surface area contributed by atoms with E-state index in [2.05, 4.69) is 4.72 Å². The zero-order chi connectivity index (χ0) is 17.3. The van der Waals surface area contributed by atoms with Crippen molar-refractivity contribution in [3.05, 3.63) is 70.4 Å². The Labute approximate surface area is 140 Å². The number of hydrogen-bond donors (Lipinski definition) is 2. The van der Waals surface area contributed by atoms with Crippen LogP contribution in [0.4, 0.5) is 4.39 Å².